The summed E-state index contributed by atoms with van der Waals surface area (Å²) >= 11 is 7.54. The van der Waals surface area contributed by atoms with Crippen LogP contribution < -0.4 is 4.74 Å². The highest BCUT2D eigenvalue weighted by atomic mass is 32.1. The zero-order chi connectivity index (χ0) is 19.8. The average molecular weight is 417 g/mol. The van der Waals surface area contributed by atoms with Gasteiger partial charge >= 0.3 is 6.01 Å². The standard InChI is InChI=1S/C19H24N6OS2/c1-5-26-18-23-24(9-11(2)3)19(27)25(18)17-15(16-20-10-21-22-16)13-7-6-12(4)8-14(13)28-17/h10,12H,2,5-9H2,1,3-4H3,(H,20,21,22)/t12-/m1/s1. The first-order chi connectivity index (χ1) is 13.5. The minimum atomic E-state index is 0.501. The fourth-order valence-electron chi connectivity index (χ4n) is 3.61. The van der Waals surface area contributed by atoms with Crippen molar-refractivity contribution in [3.8, 4) is 22.4 Å². The molecule has 0 radical (unpaired) electrons. The number of nitrogens with one attached hydrogen (secondary N) is 1. The molecule has 3 aromatic heterocycles. The van der Waals surface area contributed by atoms with E-state index in [2.05, 4.69) is 33.8 Å². The second-order valence-electron chi connectivity index (χ2n) is 7.31. The summed E-state index contributed by atoms with van der Waals surface area (Å²) in [6, 6.07) is 0.501. The van der Waals surface area contributed by atoms with E-state index in [-0.39, 0.29) is 0 Å². The van der Waals surface area contributed by atoms with E-state index in [1.165, 1.54) is 16.9 Å². The summed E-state index contributed by atoms with van der Waals surface area (Å²) in [6.07, 6.45) is 4.81. The highest BCUT2D eigenvalue weighted by Crippen LogP contribution is 2.43. The number of fused-ring (bicyclic) bond motifs is 1. The van der Waals surface area contributed by atoms with Crippen LogP contribution in [0.3, 0.4) is 0 Å². The lowest BCUT2D eigenvalue weighted by Crippen LogP contribution is -2.09. The van der Waals surface area contributed by atoms with Crippen molar-refractivity contribution < 1.29 is 4.74 Å². The third-order valence-electron chi connectivity index (χ3n) is 4.85. The van der Waals surface area contributed by atoms with E-state index in [0.29, 0.717) is 29.9 Å². The molecule has 0 unspecified atom stereocenters. The van der Waals surface area contributed by atoms with Gasteiger partial charge in [0.1, 0.15) is 11.3 Å². The molecule has 0 aliphatic heterocycles. The molecule has 1 atom stereocenters. The quantitative estimate of drug-likeness (QED) is 0.478. The molecule has 0 aromatic carbocycles. The van der Waals surface area contributed by atoms with E-state index in [9.17, 15) is 0 Å². The summed E-state index contributed by atoms with van der Waals surface area (Å²) in [7, 11) is 0. The van der Waals surface area contributed by atoms with Gasteiger partial charge in [0.05, 0.1) is 18.7 Å². The van der Waals surface area contributed by atoms with Gasteiger partial charge in [-0.05, 0) is 56.8 Å². The van der Waals surface area contributed by atoms with Crippen molar-refractivity contribution in [1.82, 2.24) is 29.5 Å². The maximum Gasteiger partial charge on any atom is 0.321 e. The fourth-order valence-corrected chi connectivity index (χ4v) is 5.45. The van der Waals surface area contributed by atoms with Gasteiger partial charge in [-0.3, -0.25) is 5.10 Å². The topological polar surface area (TPSA) is 73.6 Å². The minimum Gasteiger partial charge on any atom is -0.464 e. The predicted octanol–water partition coefficient (Wildman–Crippen LogP) is 4.35. The number of hydrogen-bond acceptors (Lipinski definition) is 6. The number of ether oxygens (including phenoxy) is 1. The maximum atomic E-state index is 5.86. The molecule has 0 fully saturated rings. The molecule has 148 valence electrons. The lowest BCUT2D eigenvalue weighted by molar-refractivity contribution is 0.304. The van der Waals surface area contributed by atoms with Gasteiger partial charge < -0.3 is 4.74 Å². The van der Waals surface area contributed by atoms with Gasteiger partial charge in [-0.15, -0.1) is 16.4 Å². The monoisotopic (exact) mass is 416 g/mol. The van der Waals surface area contributed by atoms with E-state index in [4.69, 9.17) is 17.0 Å². The molecule has 4 rings (SSSR count). The highest BCUT2D eigenvalue weighted by molar-refractivity contribution is 7.71. The second-order valence-corrected chi connectivity index (χ2v) is 8.76. The Hall–Kier alpha value is -2.26. The van der Waals surface area contributed by atoms with Gasteiger partial charge in [-0.1, -0.05) is 19.1 Å². The molecule has 0 spiro atoms. The second kappa shape index (κ2) is 7.63. The number of allylic oxidation sites excluding steroid dienone is 1. The number of hydrogen-bond donors (Lipinski definition) is 1. The molecule has 3 aromatic rings. The Kier molecular flexibility index (Phi) is 5.20. The molecule has 9 heteroatoms. The van der Waals surface area contributed by atoms with Crippen molar-refractivity contribution in [3.63, 3.8) is 0 Å². The van der Waals surface area contributed by atoms with Crippen LogP contribution in [0.2, 0.25) is 0 Å². The molecule has 1 aliphatic rings. The van der Waals surface area contributed by atoms with E-state index in [0.717, 1.165) is 34.8 Å². The third-order valence-corrected chi connectivity index (χ3v) is 6.48. The van der Waals surface area contributed by atoms with Gasteiger partial charge in [0, 0.05) is 4.88 Å². The van der Waals surface area contributed by atoms with Crippen LogP contribution in [-0.2, 0) is 19.4 Å². The van der Waals surface area contributed by atoms with Gasteiger partial charge in [0.2, 0.25) is 4.77 Å². The number of aromatic nitrogens is 6. The summed E-state index contributed by atoms with van der Waals surface area (Å²) in [4.78, 5) is 5.83. The van der Waals surface area contributed by atoms with E-state index in [1.54, 1.807) is 22.3 Å². The first-order valence-electron chi connectivity index (χ1n) is 9.47. The highest BCUT2D eigenvalue weighted by Gasteiger charge is 2.29. The van der Waals surface area contributed by atoms with Crippen LogP contribution in [-0.4, -0.2) is 36.1 Å². The van der Waals surface area contributed by atoms with Crippen molar-refractivity contribution in [2.45, 2.75) is 46.6 Å². The summed E-state index contributed by atoms with van der Waals surface area (Å²) < 4.78 is 10.2. The SMILES string of the molecule is C=C(C)Cn1nc(OCC)n(-c2sc3c(c2-c2ncn[nH]2)CC[C@@H](C)C3)c1=S. The molecule has 0 bridgehead atoms. The smallest absolute Gasteiger partial charge is 0.321 e. The van der Waals surface area contributed by atoms with Crippen LogP contribution in [0.15, 0.2) is 18.5 Å². The zero-order valence-electron chi connectivity index (χ0n) is 16.4. The van der Waals surface area contributed by atoms with Crippen molar-refractivity contribution in [2.24, 2.45) is 5.92 Å². The van der Waals surface area contributed by atoms with Crippen LogP contribution >= 0.6 is 23.6 Å². The molecule has 28 heavy (non-hydrogen) atoms. The van der Waals surface area contributed by atoms with Crippen LogP contribution in [0.1, 0.15) is 37.6 Å². The molecule has 3 heterocycles. The maximum absolute atomic E-state index is 5.86. The van der Waals surface area contributed by atoms with Crippen LogP contribution in [0.4, 0.5) is 0 Å². The van der Waals surface area contributed by atoms with Crippen LogP contribution in [0.5, 0.6) is 6.01 Å². The van der Waals surface area contributed by atoms with Crippen molar-refractivity contribution in [2.75, 3.05) is 6.61 Å². The van der Waals surface area contributed by atoms with Gasteiger partial charge in [-0.2, -0.15) is 5.10 Å². The fraction of sp³-hybridized carbons (Fsp3) is 0.474. The molecule has 0 amide bonds. The Balaban J connectivity index is 1.96. The van der Waals surface area contributed by atoms with E-state index >= 15 is 0 Å². The average Bonchev–Trinajstić information content (AvgIpc) is 3.33. The number of H-pyrrole nitrogens is 1. The Labute approximate surface area is 173 Å². The molecule has 0 saturated carbocycles. The van der Waals surface area contributed by atoms with Gasteiger partial charge in [0.15, 0.2) is 5.82 Å². The lowest BCUT2D eigenvalue weighted by Gasteiger charge is -2.18. The third kappa shape index (κ3) is 3.33. The van der Waals surface area contributed by atoms with E-state index in [1.807, 2.05) is 18.4 Å². The summed E-state index contributed by atoms with van der Waals surface area (Å²) in [5.74, 6) is 1.44. The van der Waals surface area contributed by atoms with Crippen LogP contribution in [0.25, 0.3) is 16.4 Å². The Morgan fingerprint density at radius 2 is 2.32 bits per heavy atom. The molecule has 0 saturated heterocycles. The first-order valence-corrected chi connectivity index (χ1v) is 10.7. The summed E-state index contributed by atoms with van der Waals surface area (Å²) in [5.41, 5.74) is 3.39. The molecule has 1 aliphatic carbocycles. The van der Waals surface area contributed by atoms with Crippen molar-refractivity contribution >= 4 is 23.6 Å². The number of thiophene rings is 1. The predicted molar refractivity (Wildman–Crippen MR) is 113 cm³/mol. The molecular weight excluding hydrogens is 392 g/mol. The van der Waals surface area contributed by atoms with E-state index < -0.39 is 0 Å². The van der Waals surface area contributed by atoms with Gasteiger partial charge in [0.25, 0.3) is 0 Å². The molecule has 7 nitrogen and oxygen atoms in total. The van der Waals surface area contributed by atoms with Gasteiger partial charge in [-0.25, -0.2) is 14.2 Å². The summed E-state index contributed by atoms with van der Waals surface area (Å²) in [5, 5.41) is 12.7. The molecular formula is C19H24N6OS2. The van der Waals surface area contributed by atoms with Crippen LogP contribution in [0, 0.1) is 10.7 Å². The number of rotatable bonds is 6. The number of nitrogens with zero attached hydrogens (tertiary/aromatic N) is 5. The Morgan fingerprint density at radius 1 is 1.50 bits per heavy atom. The minimum absolute atomic E-state index is 0.501. The Bertz CT molecular complexity index is 1060. The lowest BCUT2D eigenvalue weighted by atomic mass is 9.88. The zero-order valence-corrected chi connectivity index (χ0v) is 18.0. The summed E-state index contributed by atoms with van der Waals surface area (Å²) in [6.45, 7) is 11.3. The largest absolute Gasteiger partial charge is 0.464 e. The van der Waals surface area contributed by atoms with Crippen molar-refractivity contribution in [3.05, 3.63) is 33.7 Å². The normalized spacial score (nSPS) is 16.2. The molecule has 1 N–H and O–H groups in total. The Morgan fingerprint density at radius 3 is 3.00 bits per heavy atom. The van der Waals surface area contributed by atoms with Crippen molar-refractivity contribution in [1.29, 1.82) is 0 Å². The number of aromatic amines is 1. The first kappa shape index (κ1) is 19.1.